The number of carbonyl (C=O) groups is 1. The van der Waals surface area contributed by atoms with Crippen LogP contribution in [0, 0.1) is 23.1 Å². The molecule has 2 aliphatic heterocycles. The molecule has 4 atom stereocenters. The second-order valence-corrected chi connectivity index (χ2v) is 10.2. The van der Waals surface area contributed by atoms with E-state index in [-0.39, 0.29) is 24.2 Å². The summed E-state index contributed by atoms with van der Waals surface area (Å²) in [7, 11) is 0. The minimum Gasteiger partial charge on any atom is -0.339 e. The molecule has 34 heavy (non-hydrogen) atoms. The molecular weight excluding hydrogens is 427 g/mol. The molecule has 2 bridgehead atoms. The average Bonchev–Trinajstić information content (AvgIpc) is 3.48. The van der Waals surface area contributed by atoms with Crippen molar-refractivity contribution in [1.29, 1.82) is 5.26 Å². The van der Waals surface area contributed by atoms with Gasteiger partial charge in [0.25, 0.3) is 0 Å². The highest BCUT2D eigenvalue weighted by atomic mass is 19.1. The summed E-state index contributed by atoms with van der Waals surface area (Å²) in [5.41, 5.74) is 2.87. The standard InChI is InChI=1S/C28H37FN4O/c1-3-4-5-19(2)18-33-12-10-20(11-13-33)21-6-7-22(26(29)16-21)14-25(17-30)32-28(34)27-23-8-9-24(15-23)31-27/h3-7,16,20,23-25,27,31H,8-15,18H2,1-2H3,(H,32,34)/b4-3-,19-5+/t23-,24+,25-,27-/m0/s1. The molecule has 1 aromatic carbocycles. The Bertz CT molecular complexity index is 973. The number of fused-ring (bicyclic) bond motifs is 2. The molecule has 182 valence electrons. The summed E-state index contributed by atoms with van der Waals surface area (Å²) in [5, 5.41) is 15.8. The zero-order chi connectivity index (χ0) is 24.1. The van der Waals surface area contributed by atoms with Gasteiger partial charge in [-0.1, -0.05) is 35.9 Å². The normalized spacial score (nSPS) is 26.6. The molecule has 4 rings (SSSR count). The van der Waals surface area contributed by atoms with Crippen LogP contribution in [0.25, 0.3) is 0 Å². The van der Waals surface area contributed by atoms with Crippen molar-refractivity contribution in [1.82, 2.24) is 15.5 Å². The van der Waals surface area contributed by atoms with Crippen molar-refractivity contribution >= 4 is 5.91 Å². The Kier molecular flexibility index (Phi) is 8.18. The fraction of sp³-hybridized carbons (Fsp3) is 0.571. The third-order valence-electron chi connectivity index (χ3n) is 7.72. The zero-order valence-electron chi connectivity index (χ0n) is 20.4. The van der Waals surface area contributed by atoms with E-state index >= 15 is 0 Å². The number of halogens is 1. The maximum atomic E-state index is 15.0. The molecule has 1 amide bonds. The maximum Gasteiger partial charge on any atom is 0.238 e. The van der Waals surface area contributed by atoms with E-state index in [1.165, 1.54) is 5.57 Å². The van der Waals surface area contributed by atoms with Gasteiger partial charge in [0.1, 0.15) is 11.9 Å². The van der Waals surface area contributed by atoms with Gasteiger partial charge in [-0.2, -0.15) is 5.26 Å². The molecule has 2 heterocycles. The molecule has 5 nitrogen and oxygen atoms in total. The van der Waals surface area contributed by atoms with Crippen LogP contribution in [-0.4, -0.2) is 48.6 Å². The Morgan fingerprint density at radius 1 is 1.32 bits per heavy atom. The van der Waals surface area contributed by atoms with Crippen molar-refractivity contribution in [3.63, 3.8) is 0 Å². The topological polar surface area (TPSA) is 68.2 Å². The Labute approximate surface area is 203 Å². The highest BCUT2D eigenvalue weighted by Crippen LogP contribution is 2.35. The maximum absolute atomic E-state index is 15.0. The number of nitriles is 1. The summed E-state index contributed by atoms with van der Waals surface area (Å²) < 4.78 is 15.0. The van der Waals surface area contributed by atoms with Gasteiger partial charge in [0.2, 0.25) is 5.91 Å². The SMILES string of the molecule is C/C=C\C=C(/C)CN1CCC(c2ccc(C[C@@H](C#N)NC(=O)[C@H]3N[C@@H]4CC[C@H]3C4)c(F)c2)CC1. The lowest BCUT2D eigenvalue weighted by Crippen LogP contribution is -2.50. The minimum absolute atomic E-state index is 0.127. The van der Waals surface area contributed by atoms with Crippen molar-refractivity contribution in [2.75, 3.05) is 19.6 Å². The summed E-state index contributed by atoms with van der Waals surface area (Å²) in [6.45, 7) is 7.17. The van der Waals surface area contributed by atoms with Crippen LogP contribution in [0.15, 0.2) is 42.0 Å². The number of nitrogens with zero attached hydrogens (tertiary/aromatic N) is 2. The number of rotatable bonds is 8. The Balaban J connectivity index is 1.29. The van der Waals surface area contributed by atoms with Crippen LogP contribution in [0.5, 0.6) is 0 Å². The molecule has 3 fully saturated rings. The Hall–Kier alpha value is -2.49. The van der Waals surface area contributed by atoms with Crippen molar-refractivity contribution in [3.05, 3.63) is 58.9 Å². The molecule has 0 unspecified atom stereocenters. The number of hydrogen-bond donors (Lipinski definition) is 2. The lowest BCUT2D eigenvalue weighted by atomic mass is 9.88. The van der Waals surface area contributed by atoms with Gasteiger partial charge in [-0.3, -0.25) is 9.69 Å². The number of likely N-dealkylation sites (tertiary alicyclic amines) is 1. The van der Waals surface area contributed by atoms with E-state index in [0.29, 0.717) is 23.4 Å². The first kappa shape index (κ1) is 24.6. The quantitative estimate of drug-likeness (QED) is 0.566. The fourth-order valence-electron chi connectivity index (χ4n) is 5.83. The van der Waals surface area contributed by atoms with Crippen molar-refractivity contribution in [2.45, 2.75) is 76.4 Å². The first-order valence-electron chi connectivity index (χ1n) is 12.7. The van der Waals surface area contributed by atoms with Crippen LogP contribution >= 0.6 is 0 Å². The van der Waals surface area contributed by atoms with Gasteiger partial charge in [0, 0.05) is 19.0 Å². The average molecular weight is 465 g/mol. The highest BCUT2D eigenvalue weighted by Gasteiger charge is 2.43. The molecule has 1 aromatic rings. The smallest absolute Gasteiger partial charge is 0.238 e. The molecule has 2 saturated heterocycles. The second kappa shape index (κ2) is 11.3. The van der Waals surface area contributed by atoms with E-state index in [1.807, 2.05) is 19.1 Å². The molecule has 0 spiro atoms. The number of piperidine rings is 2. The van der Waals surface area contributed by atoms with Gasteiger partial charge in [-0.05, 0) is 88.1 Å². The van der Waals surface area contributed by atoms with E-state index in [1.54, 1.807) is 12.1 Å². The van der Waals surface area contributed by atoms with Gasteiger partial charge in [0.15, 0.2) is 0 Å². The first-order valence-corrected chi connectivity index (χ1v) is 12.7. The lowest BCUT2D eigenvalue weighted by Gasteiger charge is -2.32. The number of allylic oxidation sites excluding steroid dienone is 3. The second-order valence-electron chi connectivity index (χ2n) is 10.2. The van der Waals surface area contributed by atoms with Crippen LogP contribution in [0.2, 0.25) is 0 Å². The number of hydrogen-bond acceptors (Lipinski definition) is 4. The van der Waals surface area contributed by atoms with Crippen LogP contribution < -0.4 is 10.6 Å². The van der Waals surface area contributed by atoms with E-state index in [2.05, 4.69) is 40.7 Å². The van der Waals surface area contributed by atoms with Crippen LogP contribution in [0.3, 0.4) is 0 Å². The monoisotopic (exact) mass is 464 g/mol. The van der Waals surface area contributed by atoms with Crippen LogP contribution in [0.1, 0.15) is 63.0 Å². The zero-order valence-corrected chi connectivity index (χ0v) is 20.4. The van der Waals surface area contributed by atoms with Crippen LogP contribution in [0.4, 0.5) is 4.39 Å². The number of benzene rings is 1. The fourth-order valence-corrected chi connectivity index (χ4v) is 5.83. The third kappa shape index (κ3) is 5.95. The molecule has 1 aliphatic carbocycles. The van der Waals surface area contributed by atoms with Gasteiger partial charge in [-0.25, -0.2) is 4.39 Å². The molecule has 1 saturated carbocycles. The number of carbonyl (C=O) groups excluding carboxylic acids is 1. The van der Waals surface area contributed by atoms with E-state index in [0.717, 1.165) is 57.3 Å². The summed E-state index contributed by atoms with van der Waals surface area (Å²) in [6, 6.07) is 7.08. The predicted molar refractivity (Wildman–Crippen MR) is 133 cm³/mol. The van der Waals surface area contributed by atoms with Gasteiger partial charge < -0.3 is 10.6 Å². The molecule has 0 aromatic heterocycles. The summed E-state index contributed by atoms with van der Waals surface area (Å²) in [6.07, 6.45) is 11.7. The highest BCUT2D eigenvalue weighted by molar-refractivity contribution is 5.83. The molecule has 3 aliphatic rings. The molecule has 6 heteroatoms. The lowest BCUT2D eigenvalue weighted by molar-refractivity contribution is -0.124. The van der Waals surface area contributed by atoms with Gasteiger partial charge in [-0.15, -0.1) is 0 Å². The Morgan fingerprint density at radius 2 is 2.12 bits per heavy atom. The molecule has 0 radical (unpaired) electrons. The molecule has 2 N–H and O–H groups in total. The number of nitrogens with one attached hydrogen (secondary N) is 2. The Morgan fingerprint density at radius 3 is 2.74 bits per heavy atom. The summed E-state index contributed by atoms with van der Waals surface area (Å²) >= 11 is 0. The largest absolute Gasteiger partial charge is 0.339 e. The third-order valence-corrected chi connectivity index (χ3v) is 7.72. The first-order chi connectivity index (χ1) is 16.5. The van der Waals surface area contributed by atoms with Crippen molar-refractivity contribution < 1.29 is 9.18 Å². The van der Waals surface area contributed by atoms with E-state index < -0.39 is 6.04 Å². The van der Waals surface area contributed by atoms with E-state index in [4.69, 9.17) is 0 Å². The summed E-state index contributed by atoms with van der Waals surface area (Å²) in [5.74, 6) is 0.311. The van der Waals surface area contributed by atoms with E-state index in [9.17, 15) is 14.4 Å². The molecular formula is C28H37FN4O. The number of amides is 1. The van der Waals surface area contributed by atoms with Crippen molar-refractivity contribution in [3.8, 4) is 6.07 Å². The predicted octanol–water partition coefficient (Wildman–Crippen LogP) is 4.22. The van der Waals surface area contributed by atoms with Gasteiger partial charge in [0.05, 0.1) is 12.1 Å². The minimum atomic E-state index is -0.726. The van der Waals surface area contributed by atoms with Crippen molar-refractivity contribution in [2.24, 2.45) is 5.92 Å². The van der Waals surface area contributed by atoms with Gasteiger partial charge >= 0.3 is 0 Å². The van der Waals surface area contributed by atoms with Crippen LogP contribution in [-0.2, 0) is 11.2 Å². The summed E-state index contributed by atoms with van der Waals surface area (Å²) in [4.78, 5) is 15.1.